The largest absolute Gasteiger partial charge is 0.320 e. The van der Waals surface area contributed by atoms with Gasteiger partial charge in [-0.15, -0.1) is 5.10 Å². The van der Waals surface area contributed by atoms with Crippen LogP contribution in [0.15, 0.2) is 54.6 Å². The number of anilines is 2. The molecule has 2 aromatic carbocycles. The molecule has 1 atom stereocenters. The standard InChI is InChI=1S/C18H14N6O4/c25-15(19-12-8-4-5-9-13(12)24(27)28)10-14-17(26)21-18-20-16(22-23(14)18)11-6-2-1-3-7-11/h1-9,14H,10H2,(H,19,25)(H,20,21,22,26)/t14-/m0/s1. The van der Waals surface area contributed by atoms with E-state index in [9.17, 15) is 19.7 Å². The Hall–Kier alpha value is -4.08. The summed E-state index contributed by atoms with van der Waals surface area (Å²) in [5.74, 6) is -0.265. The molecule has 10 nitrogen and oxygen atoms in total. The van der Waals surface area contributed by atoms with Gasteiger partial charge in [0, 0.05) is 11.6 Å². The molecule has 4 rings (SSSR count). The van der Waals surface area contributed by atoms with Gasteiger partial charge in [0.15, 0.2) is 5.82 Å². The average molecular weight is 378 g/mol. The van der Waals surface area contributed by atoms with Crippen molar-refractivity contribution < 1.29 is 14.5 Å². The number of benzene rings is 2. The summed E-state index contributed by atoms with van der Waals surface area (Å²) in [5, 5.41) is 20.5. The zero-order chi connectivity index (χ0) is 19.7. The van der Waals surface area contributed by atoms with Gasteiger partial charge in [0.1, 0.15) is 11.7 Å². The van der Waals surface area contributed by atoms with E-state index in [2.05, 4.69) is 20.7 Å². The number of nitrogens with one attached hydrogen (secondary N) is 2. The lowest BCUT2D eigenvalue weighted by Crippen LogP contribution is -2.24. The third-order valence-corrected chi connectivity index (χ3v) is 4.25. The Bertz CT molecular complexity index is 1080. The second kappa shape index (κ2) is 6.91. The summed E-state index contributed by atoms with van der Waals surface area (Å²) in [6.07, 6.45) is -0.234. The number of carbonyl (C=O) groups is 2. The minimum atomic E-state index is -0.886. The summed E-state index contributed by atoms with van der Waals surface area (Å²) in [6, 6.07) is 14.1. The molecule has 1 aliphatic rings. The van der Waals surface area contributed by atoms with Crippen LogP contribution < -0.4 is 10.6 Å². The van der Waals surface area contributed by atoms with Crippen LogP contribution in [0.1, 0.15) is 12.5 Å². The van der Waals surface area contributed by atoms with Crippen molar-refractivity contribution in [1.29, 1.82) is 0 Å². The lowest BCUT2D eigenvalue weighted by molar-refractivity contribution is -0.383. The molecule has 2 amide bonds. The molecular weight excluding hydrogens is 364 g/mol. The van der Waals surface area contributed by atoms with Crippen molar-refractivity contribution in [2.45, 2.75) is 12.5 Å². The number of amides is 2. The first-order valence-electron chi connectivity index (χ1n) is 8.39. The number of aromatic nitrogens is 3. The molecule has 2 N–H and O–H groups in total. The maximum Gasteiger partial charge on any atom is 0.292 e. The molecule has 0 bridgehead atoms. The Kier molecular flexibility index (Phi) is 4.28. The van der Waals surface area contributed by atoms with E-state index in [4.69, 9.17) is 0 Å². The molecule has 3 aromatic rings. The van der Waals surface area contributed by atoms with E-state index >= 15 is 0 Å². The van der Waals surface area contributed by atoms with Gasteiger partial charge in [-0.2, -0.15) is 4.98 Å². The molecule has 2 heterocycles. The van der Waals surface area contributed by atoms with Crippen molar-refractivity contribution in [3.8, 4) is 11.4 Å². The molecule has 0 saturated heterocycles. The van der Waals surface area contributed by atoms with Crippen molar-refractivity contribution in [3.63, 3.8) is 0 Å². The third-order valence-electron chi connectivity index (χ3n) is 4.25. The highest BCUT2D eigenvalue weighted by Crippen LogP contribution is 2.29. The molecule has 1 aliphatic heterocycles. The minimum absolute atomic E-state index is 0.0692. The predicted molar refractivity (Wildman–Crippen MR) is 99.5 cm³/mol. The van der Waals surface area contributed by atoms with Gasteiger partial charge in [0.05, 0.1) is 11.3 Å². The lowest BCUT2D eigenvalue weighted by atomic mass is 10.2. The van der Waals surface area contributed by atoms with E-state index in [1.54, 1.807) is 6.07 Å². The highest BCUT2D eigenvalue weighted by atomic mass is 16.6. The Morgan fingerprint density at radius 1 is 1.18 bits per heavy atom. The molecule has 0 saturated carbocycles. The number of carbonyl (C=O) groups excluding carboxylic acids is 2. The zero-order valence-corrected chi connectivity index (χ0v) is 14.4. The van der Waals surface area contributed by atoms with E-state index in [1.165, 1.54) is 22.9 Å². The van der Waals surface area contributed by atoms with Gasteiger partial charge < -0.3 is 5.32 Å². The molecular formula is C18H14N6O4. The minimum Gasteiger partial charge on any atom is -0.320 e. The fourth-order valence-corrected chi connectivity index (χ4v) is 2.93. The van der Waals surface area contributed by atoms with Crippen LogP contribution in [-0.4, -0.2) is 31.5 Å². The summed E-state index contributed by atoms with van der Waals surface area (Å²) >= 11 is 0. The third kappa shape index (κ3) is 3.18. The highest BCUT2D eigenvalue weighted by molar-refractivity contribution is 6.01. The van der Waals surface area contributed by atoms with Crippen LogP contribution >= 0.6 is 0 Å². The van der Waals surface area contributed by atoms with E-state index < -0.39 is 22.8 Å². The van der Waals surface area contributed by atoms with Gasteiger partial charge in [-0.25, -0.2) is 4.68 Å². The molecule has 0 unspecified atom stereocenters. The Balaban J connectivity index is 1.53. The monoisotopic (exact) mass is 378 g/mol. The summed E-state index contributed by atoms with van der Waals surface area (Å²) in [4.78, 5) is 39.4. The number of rotatable bonds is 5. The molecule has 0 aliphatic carbocycles. The van der Waals surface area contributed by atoms with Gasteiger partial charge in [-0.1, -0.05) is 42.5 Å². The molecule has 10 heteroatoms. The van der Waals surface area contributed by atoms with E-state index in [0.29, 0.717) is 5.82 Å². The second-order valence-corrected chi connectivity index (χ2v) is 6.10. The number of hydrogen-bond acceptors (Lipinski definition) is 6. The van der Waals surface area contributed by atoms with Gasteiger partial charge in [-0.05, 0) is 6.07 Å². The number of nitrogens with zero attached hydrogens (tertiary/aromatic N) is 4. The SMILES string of the molecule is O=C(C[C@H]1C(=O)Nc2nc(-c3ccccc3)nn21)Nc1ccccc1[N+](=O)[O-]. The van der Waals surface area contributed by atoms with Gasteiger partial charge >= 0.3 is 0 Å². The van der Waals surface area contributed by atoms with E-state index in [-0.39, 0.29) is 23.7 Å². The normalized spacial score (nSPS) is 15.0. The molecule has 140 valence electrons. The van der Waals surface area contributed by atoms with Crippen molar-refractivity contribution >= 4 is 29.1 Å². The van der Waals surface area contributed by atoms with Gasteiger partial charge in [-0.3, -0.25) is 25.0 Å². The van der Waals surface area contributed by atoms with Gasteiger partial charge in [0.2, 0.25) is 11.9 Å². The van der Waals surface area contributed by atoms with Crippen LogP contribution in [0.5, 0.6) is 0 Å². The van der Waals surface area contributed by atoms with Crippen LogP contribution in [-0.2, 0) is 9.59 Å². The first kappa shape index (κ1) is 17.3. The summed E-state index contributed by atoms with van der Waals surface area (Å²) < 4.78 is 1.36. The molecule has 1 aromatic heterocycles. The highest BCUT2D eigenvalue weighted by Gasteiger charge is 2.35. The quantitative estimate of drug-likeness (QED) is 0.517. The van der Waals surface area contributed by atoms with Crippen LogP contribution in [0.2, 0.25) is 0 Å². The smallest absolute Gasteiger partial charge is 0.292 e. The van der Waals surface area contributed by atoms with Crippen LogP contribution in [0.4, 0.5) is 17.3 Å². The van der Waals surface area contributed by atoms with Crippen molar-refractivity contribution in [1.82, 2.24) is 14.8 Å². The Morgan fingerprint density at radius 3 is 2.64 bits per heavy atom. The van der Waals surface area contributed by atoms with Crippen LogP contribution in [0.3, 0.4) is 0 Å². The maximum absolute atomic E-state index is 12.4. The molecule has 0 spiro atoms. The van der Waals surface area contributed by atoms with E-state index in [0.717, 1.165) is 5.56 Å². The Morgan fingerprint density at radius 2 is 1.89 bits per heavy atom. The van der Waals surface area contributed by atoms with E-state index in [1.807, 2.05) is 30.3 Å². The number of nitro benzene ring substituents is 1. The summed E-state index contributed by atoms with van der Waals surface area (Å²) in [5.41, 5.74) is 0.626. The van der Waals surface area contributed by atoms with Gasteiger partial charge in [0.25, 0.3) is 11.6 Å². The number of nitro groups is 1. The van der Waals surface area contributed by atoms with Crippen LogP contribution in [0.25, 0.3) is 11.4 Å². The Labute approximate surface area is 158 Å². The molecule has 0 fully saturated rings. The van der Waals surface area contributed by atoms with Crippen molar-refractivity contribution in [2.24, 2.45) is 0 Å². The average Bonchev–Trinajstić information content (AvgIpc) is 3.21. The summed E-state index contributed by atoms with van der Waals surface area (Å²) in [7, 11) is 0. The zero-order valence-electron chi connectivity index (χ0n) is 14.4. The first-order chi connectivity index (χ1) is 13.5. The number of fused-ring (bicyclic) bond motifs is 1. The number of para-hydroxylation sites is 2. The topological polar surface area (TPSA) is 132 Å². The fourth-order valence-electron chi connectivity index (χ4n) is 2.93. The molecule has 0 radical (unpaired) electrons. The van der Waals surface area contributed by atoms with Crippen LogP contribution in [0, 0.1) is 10.1 Å². The van der Waals surface area contributed by atoms with Crippen molar-refractivity contribution in [2.75, 3.05) is 10.6 Å². The molecule has 28 heavy (non-hydrogen) atoms. The fraction of sp³-hybridized carbons (Fsp3) is 0.111. The second-order valence-electron chi connectivity index (χ2n) is 6.10. The predicted octanol–water partition coefficient (Wildman–Crippen LogP) is 2.38. The lowest BCUT2D eigenvalue weighted by Gasteiger charge is -2.10. The maximum atomic E-state index is 12.4. The van der Waals surface area contributed by atoms with Crippen molar-refractivity contribution in [3.05, 3.63) is 64.7 Å². The summed E-state index contributed by atoms with van der Waals surface area (Å²) in [6.45, 7) is 0. The number of hydrogen-bond donors (Lipinski definition) is 2. The first-order valence-corrected chi connectivity index (χ1v) is 8.39.